The van der Waals surface area contributed by atoms with E-state index in [-0.39, 0.29) is 17.9 Å². The molecule has 92 valence electrons. The van der Waals surface area contributed by atoms with E-state index in [0.717, 1.165) is 25.1 Å². The van der Waals surface area contributed by atoms with Gasteiger partial charge in [-0.1, -0.05) is 0 Å². The minimum Gasteiger partial charge on any atom is -0.337 e. The van der Waals surface area contributed by atoms with E-state index in [2.05, 4.69) is 4.98 Å². The van der Waals surface area contributed by atoms with Crippen LogP contribution < -0.4 is 5.73 Å². The summed E-state index contributed by atoms with van der Waals surface area (Å²) in [5.74, 6) is 1.23. The molecule has 2 saturated carbocycles. The van der Waals surface area contributed by atoms with Gasteiger partial charge < -0.3 is 15.2 Å². The Balaban J connectivity index is 1.72. The van der Waals surface area contributed by atoms with Crippen molar-refractivity contribution in [1.82, 2.24) is 14.5 Å². The second-order valence-corrected chi connectivity index (χ2v) is 5.16. The van der Waals surface area contributed by atoms with Gasteiger partial charge in [-0.05, 0) is 19.3 Å². The number of amides is 1. The van der Waals surface area contributed by atoms with Gasteiger partial charge in [0.05, 0.1) is 12.5 Å². The minimum absolute atomic E-state index is 0.0656. The van der Waals surface area contributed by atoms with Gasteiger partial charge in [-0.15, -0.1) is 0 Å². The maximum atomic E-state index is 12.2. The lowest BCUT2D eigenvalue weighted by atomic mass is 10.3. The van der Waals surface area contributed by atoms with Gasteiger partial charge in [-0.2, -0.15) is 0 Å². The first-order valence-electron chi connectivity index (χ1n) is 6.19. The highest BCUT2D eigenvalue weighted by Crippen LogP contribution is 2.35. The highest BCUT2D eigenvalue weighted by molar-refractivity contribution is 5.82. The van der Waals surface area contributed by atoms with Crippen LogP contribution in [-0.4, -0.2) is 32.4 Å². The van der Waals surface area contributed by atoms with E-state index < -0.39 is 0 Å². The predicted octanol–water partition coefficient (Wildman–Crippen LogP) is 0.258. The maximum absolute atomic E-state index is 12.2. The van der Waals surface area contributed by atoms with Crippen LogP contribution >= 0.6 is 0 Å². The number of carbonyl (C=O) groups excluding carboxylic acids is 1. The molecule has 1 aromatic heterocycles. The first-order chi connectivity index (χ1) is 8.16. The molecule has 2 unspecified atom stereocenters. The largest absolute Gasteiger partial charge is 0.337 e. The molecule has 0 aromatic carbocycles. The topological polar surface area (TPSA) is 64.2 Å². The predicted molar refractivity (Wildman–Crippen MR) is 62.9 cm³/mol. The Bertz CT molecular complexity index is 437. The van der Waals surface area contributed by atoms with Crippen LogP contribution in [0.25, 0.3) is 0 Å². The number of carbonyl (C=O) groups is 1. The number of nitrogens with zero attached hydrogens (tertiary/aromatic N) is 3. The normalized spacial score (nSPS) is 26.9. The maximum Gasteiger partial charge on any atom is 0.227 e. The van der Waals surface area contributed by atoms with Crippen LogP contribution in [0.3, 0.4) is 0 Å². The highest BCUT2D eigenvalue weighted by Gasteiger charge is 2.45. The Morgan fingerprint density at radius 1 is 1.65 bits per heavy atom. The number of nitrogens with two attached hydrogens (primary N) is 1. The summed E-state index contributed by atoms with van der Waals surface area (Å²) in [6.07, 6.45) is 6.78. The Kier molecular flexibility index (Phi) is 2.43. The average Bonchev–Trinajstić information content (AvgIpc) is 3.19. The average molecular weight is 234 g/mol. The zero-order chi connectivity index (χ0) is 12.0. The third-order valence-corrected chi connectivity index (χ3v) is 3.66. The fourth-order valence-electron chi connectivity index (χ4n) is 2.19. The molecule has 2 aliphatic carbocycles. The summed E-state index contributed by atoms with van der Waals surface area (Å²) >= 11 is 0. The summed E-state index contributed by atoms with van der Waals surface area (Å²) in [6, 6.07) is 0.511. The van der Waals surface area contributed by atoms with Crippen molar-refractivity contribution in [3.63, 3.8) is 0 Å². The standard InChI is InChI=1S/C12H18N4O/c1-15-5-4-14-11(15)7-16(8-2-3-8)12(17)9-6-10(9)13/h4-5,8-10H,2-3,6-7,13H2,1H3. The molecule has 2 fully saturated rings. The molecule has 2 atom stereocenters. The Hall–Kier alpha value is -1.36. The van der Waals surface area contributed by atoms with E-state index in [4.69, 9.17) is 5.73 Å². The lowest BCUT2D eigenvalue weighted by Crippen LogP contribution is -2.36. The van der Waals surface area contributed by atoms with Crippen LogP contribution in [-0.2, 0) is 18.4 Å². The molecule has 0 aliphatic heterocycles. The molecule has 3 rings (SSSR count). The van der Waals surface area contributed by atoms with Crippen LogP contribution in [0, 0.1) is 5.92 Å². The van der Waals surface area contributed by atoms with Gasteiger partial charge in [0.15, 0.2) is 0 Å². The van der Waals surface area contributed by atoms with E-state index >= 15 is 0 Å². The van der Waals surface area contributed by atoms with Crippen LogP contribution in [0.2, 0.25) is 0 Å². The summed E-state index contributed by atoms with van der Waals surface area (Å²) in [5.41, 5.74) is 5.76. The van der Waals surface area contributed by atoms with Crippen LogP contribution in [0.15, 0.2) is 12.4 Å². The Morgan fingerprint density at radius 3 is 2.82 bits per heavy atom. The molecule has 5 nitrogen and oxygen atoms in total. The van der Waals surface area contributed by atoms with Crippen molar-refractivity contribution >= 4 is 5.91 Å². The van der Waals surface area contributed by atoms with Gasteiger partial charge in [-0.3, -0.25) is 4.79 Å². The summed E-state index contributed by atoms with van der Waals surface area (Å²) < 4.78 is 1.97. The highest BCUT2D eigenvalue weighted by atomic mass is 16.2. The molecule has 1 amide bonds. The number of aromatic nitrogens is 2. The lowest BCUT2D eigenvalue weighted by molar-refractivity contribution is -0.134. The fourth-order valence-corrected chi connectivity index (χ4v) is 2.19. The zero-order valence-corrected chi connectivity index (χ0v) is 10.0. The molecule has 5 heteroatoms. The van der Waals surface area contributed by atoms with Gasteiger partial charge in [-0.25, -0.2) is 4.98 Å². The van der Waals surface area contributed by atoms with Crippen molar-refractivity contribution in [2.45, 2.75) is 37.9 Å². The molecule has 2 N–H and O–H groups in total. The molecule has 0 bridgehead atoms. The molecular formula is C12H18N4O. The van der Waals surface area contributed by atoms with Gasteiger partial charge in [0.2, 0.25) is 5.91 Å². The molecule has 2 aliphatic rings. The monoisotopic (exact) mass is 234 g/mol. The van der Waals surface area contributed by atoms with E-state index in [1.165, 1.54) is 0 Å². The molecule has 1 aromatic rings. The quantitative estimate of drug-likeness (QED) is 0.812. The first kappa shape index (κ1) is 10.8. The van der Waals surface area contributed by atoms with Crippen LogP contribution in [0.4, 0.5) is 0 Å². The van der Waals surface area contributed by atoms with Crippen LogP contribution in [0.5, 0.6) is 0 Å². The second-order valence-electron chi connectivity index (χ2n) is 5.16. The van der Waals surface area contributed by atoms with E-state index in [9.17, 15) is 4.79 Å². The molecule has 0 radical (unpaired) electrons. The van der Waals surface area contributed by atoms with Crippen molar-refractivity contribution in [3.8, 4) is 0 Å². The van der Waals surface area contributed by atoms with E-state index in [1.54, 1.807) is 6.20 Å². The summed E-state index contributed by atoms with van der Waals surface area (Å²) in [7, 11) is 1.96. The second kappa shape index (κ2) is 3.84. The van der Waals surface area contributed by atoms with Gasteiger partial charge in [0.1, 0.15) is 5.82 Å². The Labute approximate surface area is 101 Å². The number of hydrogen-bond acceptors (Lipinski definition) is 3. The molecular weight excluding hydrogens is 216 g/mol. The van der Waals surface area contributed by atoms with E-state index in [0.29, 0.717) is 12.6 Å². The minimum atomic E-state index is 0.0656. The van der Waals surface area contributed by atoms with Crippen molar-refractivity contribution in [1.29, 1.82) is 0 Å². The third-order valence-electron chi connectivity index (χ3n) is 3.66. The molecule has 1 heterocycles. The van der Waals surface area contributed by atoms with Crippen molar-refractivity contribution < 1.29 is 4.79 Å². The number of rotatable bonds is 4. The number of aryl methyl sites for hydroxylation is 1. The Morgan fingerprint density at radius 2 is 2.35 bits per heavy atom. The third kappa shape index (κ3) is 2.07. The van der Waals surface area contributed by atoms with Crippen LogP contribution in [0.1, 0.15) is 25.1 Å². The summed E-state index contributed by atoms with van der Waals surface area (Å²) in [4.78, 5) is 18.5. The fraction of sp³-hybridized carbons (Fsp3) is 0.667. The molecule has 0 saturated heterocycles. The summed E-state index contributed by atoms with van der Waals surface area (Å²) in [6.45, 7) is 0.621. The van der Waals surface area contributed by atoms with Crippen molar-refractivity contribution in [3.05, 3.63) is 18.2 Å². The molecule has 17 heavy (non-hydrogen) atoms. The zero-order valence-electron chi connectivity index (χ0n) is 10.0. The SMILES string of the molecule is Cn1ccnc1CN(C(=O)C1CC1N)C1CC1. The molecule has 0 spiro atoms. The summed E-state index contributed by atoms with van der Waals surface area (Å²) in [5, 5.41) is 0. The van der Waals surface area contributed by atoms with E-state index in [1.807, 2.05) is 22.7 Å². The van der Waals surface area contributed by atoms with Crippen molar-refractivity contribution in [2.24, 2.45) is 18.7 Å². The van der Waals surface area contributed by atoms with Gasteiger partial charge >= 0.3 is 0 Å². The van der Waals surface area contributed by atoms with Gasteiger partial charge in [0.25, 0.3) is 0 Å². The van der Waals surface area contributed by atoms with Gasteiger partial charge in [0, 0.05) is 31.5 Å². The van der Waals surface area contributed by atoms with Crippen molar-refractivity contribution in [2.75, 3.05) is 0 Å². The number of hydrogen-bond donors (Lipinski definition) is 1. The lowest BCUT2D eigenvalue weighted by Gasteiger charge is -2.22. The number of imidazole rings is 1. The first-order valence-corrected chi connectivity index (χ1v) is 6.19. The smallest absolute Gasteiger partial charge is 0.227 e.